The van der Waals surface area contributed by atoms with Gasteiger partial charge in [-0.25, -0.2) is 0 Å². The van der Waals surface area contributed by atoms with Crippen LogP contribution in [0.25, 0.3) is 0 Å². The van der Waals surface area contributed by atoms with Crippen LogP contribution in [0.2, 0.25) is 0 Å². The van der Waals surface area contributed by atoms with Crippen LogP contribution >= 0.6 is 12.6 Å². The number of thiol groups is 1. The zero-order chi connectivity index (χ0) is 11.3. The first-order chi connectivity index (χ1) is 7.16. The molecule has 88 valence electrons. The molecule has 0 aliphatic carbocycles. The van der Waals surface area contributed by atoms with Gasteiger partial charge in [0.2, 0.25) is 0 Å². The van der Waals surface area contributed by atoms with E-state index >= 15 is 0 Å². The molecule has 3 unspecified atom stereocenters. The van der Waals surface area contributed by atoms with E-state index < -0.39 is 0 Å². The maximum Gasteiger partial charge on any atom is 0.0651 e. The van der Waals surface area contributed by atoms with Crippen molar-refractivity contribution >= 4 is 12.6 Å². The van der Waals surface area contributed by atoms with Crippen LogP contribution in [-0.4, -0.2) is 18.0 Å². The van der Waals surface area contributed by atoms with Gasteiger partial charge in [0.25, 0.3) is 0 Å². The summed E-state index contributed by atoms with van der Waals surface area (Å²) >= 11 is 4.73. The Morgan fingerprint density at radius 1 is 1.60 bits per heavy atom. The molecule has 1 fully saturated rings. The molecular formula is C13H24OS. The summed E-state index contributed by atoms with van der Waals surface area (Å²) < 4.78 is 5.77. The molecule has 2 heteroatoms. The molecule has 0 spiro atoms. The largest absolute Gasteiger partial charge is 0.378 e. The fourth-order valence-electron chi connectivity index (χ4n) is 2.37. The van der Waals surface area contributed by atoms with E-state index in [4.69, 9.17) is 17.4 Å². The fourth-order valence-corrected chi connectivity index (χ4v) is 3.00. The van der Waals surface area contributed by atoms with E-state index in [1.165, 1.54) is 37.7 Å². The molecule has 0 amide bonds. The first kappa shape index (κ1) is 13.1. The molecule has 0 aromatic heterocycles. The highest BCUT2D eigenvalue weighted by atomic mass is 32.1. The zero-order valence-corrected chi connectivity index (χ0v) is 10.9. The summed E-state index contributed by atoms with van der Waals surface area (Å²) in [7, 11) is 0. The minimum absolute atomic E-state index is 0.377. The van der Waals surface area contributed by atoms with Crippen LogP contribution < -0.4 is 0 Å². The average Bonchev–Trinajstić information content (AvgIpc) is 2.67. The lowest BCUT2D eigenvalue weighted by Crippen LogP contribution is -2.29. The minimum Gasteiger partial charge on any atom is -0.378 e. The zero-order valence-electron chi connectivity index (χ0n) is 10.0. The van der Waals surface area contributed by atoms with Crippen molar-refractivity contribution < 1.29 is 4.74 Å². The molecule has 3 atom stereocenters. The van der Waals surface area contributed by atoms with Crippen LogP contribution in [-0.2, 0) is 4.74 Å². The molecule has 1 aliphatic heterocycles. The minimum atomic E-state index is 0.377. The van der Waals surface area contributed by atoms with Crippen LogP contribution in [0.1, 0.15) is 46.0 Å². The van der Waals surface area contributed by atoms with Crippen molar-refractivity contribution in [1.82, 2.24) is 0 Å². The highest BCUT2D eigenvalue weighted by Crippen LogP contribution is 2.32. The number of unbranched alkanes of at least 4 members (excludes halogenated alkanes) is 1. The lowest BCUT2D eigenvalue weighted by Gasteiger charge is -2.28. The molecule has 0 radical (unpaired) electrons. The third kappa shape index (κ3) is 3.84. The SMILES string of the molecule is C=C(C)C(C(S)CCCC)C1CCCO1. The Morgan fingerprint density at radius 3 is 2.80 bits per heavy atom. The van der Waals surface area contributed by atoms with E-state index in [0.29, 0.717) is 17.3 Å². The molecule has 0 N–H and O–H groups in total. The summed E-state index contributed by atoms with van der Waals surface area (Å²) in [5, 5.41) is 0.422. The number of rotatable bonds is 6. The standard InChI is InChI=1S/C13H24OS/c1-4-5-8-12(15)13(10(2)3)11-7-6-9-14-11/h11-13,15H,2,4-9H2,1,3H3. The Hall–Kier alpha value is 0.0500. The summed E-state index contributed by atoms with van der Waals surface area (Å²) in [6, 6.07) is 0. The van der Waals surface area contributed by atoms with Crippen molar-refractivity contribution in [3.63, 3.8) is 0 Å². The third-order valence-corrected chi connectivity index (χ3v) is 3.78. The molecule has 0 saturated carbocycles. The van der Waals surface area contributed by atoms with E-state index in [-0.39, 0.29) is 0 Å². The van der Waals surface area contributed by atoms with Gasteiger partial charge in [0, 0.05) is 17.8 Å². The summed E-state index contributed by atoms with van der Waals surface area (Å²) in [6.45, 7) is 9.36. The molecule has 15 heavy (non-hydrogen) atoms. The predicted octanol–water partition coefficient (Wildman–Crippen LogP) is 3.85. The Balaban J connectivity index is 2.51. The van der Waals surface area contributed by atoms with E-state index in [0.717, 1.165) is 6.61 Å². The number of hydrogen-bond donors (Lipinski definition) is 1. The van der Waals surface area contributed by atoms with Crippen molar-refractivity contribution in [3.05, 3.63) is 12.2 Å². The fraction of sp³-hybridized carbons (Fsp3) is 0.846. The second-order valence-electron chi connectivity index (χ2n) is 4.63. The lowest BCUT2D eigenvalue weighted by molar-refractivity contribution is 0.0738. The van der Waals surface area contributed by atoms with E-state index in [1.54, 1.807) is 0 Å². The first-order valence-corrected chi connectivity index (χ1v) is 6.63. The molecule has 1 nitrogen and oxygen atoms in total. The maximum absolute atomic E-state index is 5.77. The Kier molecular flexibility index (Phi) is 5.77. The molecule has 0 aromatic carbocycles. The van der Waals surface area contributed by atoms with Gasteiger partial charge in [-0.2, -0.15) is 12.6 Å². The topological polar surface area (TPSA) is 9.23 Å². The van der Waals surface area contributed by atoms with Gasteiger partial charge in [-0.3, -0.25) is 0 Å². The molecule has 0 bridgehead atoms. The van der Waals surface area contributed by atoms with Crippen LogP contribution in [0.4, 0.5) is 0 Å². The molecule has 0 aromatic rings. The summed E-state index contributed by atoms with van der Waals surface area (Å²) in [5.41, 5.74) is 1.23. The van der Waals surface area contributed by atoms with Gasteiger partial charge >= 0.3 is 0 Å². The average molecular weight is 228 g/mol. The van der Waals surface area contributed by atoms with Gasteiger partial charge in [-0.05, 0) is 26.2 Å². The van der Waals surface area contributed by atoms with Crippen LogP contribution in [0.5, 0.6) is 0 Å². The van der Waals surface area contributed by atoms with Gasteiger partial charge in [-0.1, -0.05) is 31.9 Å². The molecular weight excluding hydrogens is 204 g/mol. The van der Waals surface area contributed by atoms with E-state index in [1.807, 2.05) is 0 Å². The first-order valence-electron chi connectivity index (χ1n) is 6.12. The lowest BCUT2D eigenvalue weighted by atomic mass is 9.88. The van der Waals surface area contributed by atoms with Crippen LogP contribution in [0, 0.1) is 5.92 Å². The monoisotopic (exact) mass is 228 g/mol. The summed E-state index contributed by atoms with van der Waals surface area (Å²) in [6.07, 6.45) is 6.43. The Labute approximate surface area is 99.7 Å². The normalized spacial score (nSPS) is 25.1. The second-order valence-corrected chi connectivity index (χ2v) is 5.30. The van der Waals surface area contributed by atoms with Crippen LogP contribution in [0.3, 0.4) is 0 Å². The predicted molar refractivity (Wildman–Crippen MR) is 69.6 cm³/mol. The van der Waals surface area contributed by atoms with Crippen LogP contribution in [0.15, 0.2) is 12.2 Å². The van der Waals surface area contributed by atoms with Crippen molar-refractivity contribution in [2.24, 2.45) is 5.92 Å². The van der Waals surface area contributed by atoms with Crippen molar-refractivity contribution in [2.75, 3.05) is 6.61 Å². The van der Waals surface area contributed by atoms with E-state index in [9.17, 15) is 0 Å². The molecule has 1 saturated heterocycles. The van der Waals surface area contributed by atoms with Gasteiger partial charge in [0.05, 0.1) is 6.10 Å². The van der Waals surface area contributed by atoms with Gasteiger partial charge in [0.1, 0.15) is 0 Å². The molecule has 1 heterocycles. The smallest absolute Gasteiger partial charge is 0.0651 e. The van der Waals surface area contributed by atoms with E-state index in [2.05, 4.69) is 20.4 Å². The Morgan fingerprint density at radius 2 is 2.33 bits per heavy atom. The van der Waals surface area contributed by atoms with Gasteiger partial charge in [0.15, 0.2) is 0 Å². The number of hydrogen-bond acceptors (Lipinski definition) is 2. The maximum atomic E-state index is 5.77. The van der Waals surface area contributed by atoms with Crippen molar-refractivity contribution in [2.45, 2.75) is 57.3 Å². The Bertz CT molecular complexity index is 197. The summed E-state index contributed by atoms with van der Waals surface area (Å²) in [4.78, 5) is 0. The highest BCUT2D eigenvalue weighted by molar-refractivity contribution is 7.81. The number of ether oxygens (including phenoxy) is 1. The summed E-state index contributed by atoms with van der Waals surface area (Å²) in [5.74, 6) is 0.447. The third-order valence-electron chi connectivity index (χ3n) is 3.20. The quantitative estimate of drug-likeness (QED) is 0.537. The second kappa shape index (κ2) is 6.59. The molecule has 1 rings (SSSR count). The van der Waals surface area contributed by atoms with Crippen molar-refractivity contribution in [3.8, 4) is 0 Å². The highest BCUT2D eigenvalue weighted by Gasteiger charge is 2.30. The van der Waals surface area contributed by atoms with Crippen molar-refractivity contribution in [1.29, 1.82) is 0 Å². The van der Waals surface area contributed by atoms with Gasteiger partial charge < -0.3 is 4.74 Å². The molecule has 1 aliphatic rings. The van der Waals surface area contributed by atoms with Gasteiger partial charge in [-0.15, -0.1) is 0 Å².